The van der Waals surface area contributed by atoms with Crippen molar-refractivity contribution in [1.82, 2.24) is 0 Å². The fraction of sp³-hybridized carbons (Fsp3) is 0.0714. The van der Waals surface area contributed by atoms with Crippen LogP contribution in [0.25, 0.3) is 0 Å². The van der Waals surface area contributed by atoms with Gasteiger partial charge in [-0.25, -0.2) is 22.0 Å². The number of halogens is 2. The Morgan fingerprint density at radius 2 is 1.73 bits per heavy atom. The molecule has 0 heterocycles. The second-order valence-electron chi connectivity index (χ2n) is 4.82. The minimum absolute atomic E-state index is 0.0291. The summed E-state index contributed by atoms with van der Waals surface area (Å²) in [4.78, 5) is 11.0. The molecule has 0 saturated heterocycles. The Hall–Kier alpha value is -2.70. The van der Waals surface area contributed by atoms with E-state index in [-0.39, 0.29) is 10.6 Å². The number of hydrogen-bond donors (Lipinski definition) is 3. The molecule has 2 aromatic carbocycles. The van der Waals surface area contributed by atoms with Crippen LogP contribution < -0.4 is 9.38 Å². The van der Waals surface area contributed by atoms with Gasteiger partial charge in [0.05, 0.1) is 23.3 Å². The fourth-order valence-electron chi connectivity index (χ4n) is 1.91. The predicted molar refractivity (Wildman–Crippen MR) is 85.8 cm³/mol. The minimum Gasteiger partial charge on any atom is -0.512 e. The van der Waals surface area contributed by atoms with Crippen molar-refractivity contribution in [3.05, 3.63) is 53.6 Å². The molecule has 0 aliphatic rings. The summed E-state index contributed by atoms with van der Waals surface area (Å²) in [6.07, 6.45) is 0. The lowest BCUT2D eigenvalue weighted by Gasteiger charge is -2.11. The highest BCUT2D eigenvalue weighted by molar-refractivity contribution is 7.92. The fourth-order valence-corrected chi connectivity index (χ4v) is 2.97. The molecular weight excluding hydrogens is 375 g/mol. The van der Waals surface area contributed by atoms with E-state index in [0.29, 0.717) is 12.1 Å². The van der Waals surface area contributed by atoms with Gasteiger partial charge in [-0.3, -0.25) is 4.72 Å². The minimum atomic E-state index is -4.29. The molecule has 12 heteroatoms. The first-order valence-corrected chi connectivity index (χ1v) is 8.35. The summed E-state index contributed by atoms with van der Waals surface area (Å²) in [5.74, 6) is -3.49. The van der Waals surface area contributed by atoms with Crippen molar-refractivity contribution < 1.29 is 41.4 Å². The van der Waals surface area contributed by atoms with Crippen molar-refractivity contribution in [2.24, 2.45) is 0 Å². The first-order valence-electron chi connectivity index (χ1n) is 6.87. The maximum atomic E-state index is 14.0. The van der Waals surface area contributed by atoms with Gasteiger partial charge in [-0.1, -0.05) is 0 Å². The lowest BCUT2D eigenvalue weighted by molar-refractivity contribution is 0.0595. The number of nitrogens with one attached hydrogen (secondary N) is 1. The second-order valence-corrected chi connectivity index (χ2v) is 6.51. The van der Waals surface area contributed by atoms with Gasteiger partial charge >= 0.3 is 13.3 Å². The topological polar surface area (TPSA) is 122 Å². The van der Waals surface area contributed by atoms with E-state index in [1.165, 1.54) is 0 Å². The Labute approximate surface area is 147 Å². The van der Waals surface area contributed by atoms with E-state index in [1.54, 1.807) is 0 Å². The molecule has 8 nitrogen and oxygen atoms in total. The molecule has 0 fully saturated rings. The highest BCUT2D eigenvalue weighted by Gasteiger charge is 2.21. The van der Waals surface area contributed by atoms with Crippen LogP contribution in [0, 0.1) is 11.6 Å². The van der Waals surface area contributed by atoms with Gasteiger partial charge in [-0.2, -0.15) is 0 Å². The zero-order valence-corrected chi connectivity index (χ0v) is 14.0. The van der Waals surface area contributed by atoms with Crippen molar-refractivity contribution in [2.75, 3.05) is 11.8 Å². The van der Waals surface area contributed by atoms with Crippen LogP contribution in [0.2, 0.25) is 0 Å². The molecule has 0 unspecified atom stereocenters. The van der Waals surface area contributed by atoms with Crippen LogP contribution in [0.4, 0.5) is 14.5 Å². The molecule has 2 rings (SSSR count). The van der Waals surface area contributed by atoms with Crippen LogP contribution in [-0.2, 0) is 14.8 Å². The zero-order valence-electron chi connectivity index (χ0n) is 13.1. The largest absolute Gasteiger partial charge is 0.707 e. The van der Waals surface area contributed by atoms with Crippen molar-refractivity contribution in [3.8, 4) is 5.75 Å². The Bertz CT molecular complexity index is 920. The van der Waals surface area contributed by atoms with Gasteiger partial charge < -0.3 is 19.4 Å². The summed E-state index contributed by atoms with van der Waals surface area (Å²) >= 11 is 0. The monoisotopic (exact) mass is 387 g/mol. The molecular formula is C14H12BF2NO7S. The normalized spacial score (nSPS) is 11.0. The van der Waals surface area contributed by atoms with Gasteiger partial charge in [0.2, 0.25) is 0 Å². The molecule has 0 spiro atoms. The number of ether oxygens (including phenoxy) is 1. The van der Waals surface area contributed by atoms with Gasteiger partial charge in [0.15, 0.2) is 0 Å². The summed E-state index contributed by atoms with van der Waals surface area (Å²) in [5, 5.41) is 17.3. The van der Waals surface area contributed by atoms with Crippen molar-refractivity contribution in [1.29, 1.82) is 0 Å². The Balaban J connectivity index is 2.29. The highest BCUT2D eigenvalue weighted by Crippen LogP contribution is 2.24. The third kappa shape index (κ3) is 4.47. The van der Waals surface area contributed by atoms with E-state index in [4.69, 9.17) is 10.0 Å². The summed E-state index contributed by atoms with van der Waals surface area (Å²) < 4.78 is 63.0. The summed E-state index contributed by atoms with van der Waals surface area (Å²) in [7, 11) is -5.39. The van der Waals surface area contributed by atoms with Gasteiger partial charge in [-0.15, -0.1) is 0 Å². The van der Waals surface area contributed by atoms with E-state index in [0.717, 1.165) is 31.4 Å². The number of esters is 1. The number of benzene rings is 2. The number of carbonyl (C=O) groups is 1. The van der Waals surface area contributed by atoms with E-state index in [1.807, 2.05) is 4.72 Å². The molecule has 0 aromatic heterocycles. The van der Waals surface area contributed by atoms with E-state index in [9.17, 15) is 22.0 Å². The standard InChI is InChI=1S/C14H12BF2NO7S/c1-24-14(19)10-6-12(17)13(7-11(10)16)18-26(22,23)9-4-2-8(3-5-9)25-15(20)21/h2-7,18,20-21H,1H3. The molecule has 138 valence electrons. The van der Waals surface area contributed by atoms with Crippen molar-refractivity contribution in [2.45, 2.75) is 4.90 Å². The Morgan fingerprint density at radius 1 is 1.12 bits per heavy atom. The average Bonchev–Trinajstić information content (AvgIpc) is 2.57. The molecule has 0 bridgehead atoms. The zero-order chi connectivity index (χ0) is 19.5. The van der Waals surface area contributed by atoms with Gasteiger partial charge in [0, 0.05) is 6.07 Å². The highest BCUT2D eigenvalue weighted by atomic mass is 32.2. The molecule has 0 radical (unpaired) electrons. The summed E-state index contributed by atoms with van der Waals surface area (Å²) in [6, 6.07) is 5.39. The van der Waals surface area contributed by atoms with Crippen LogP contribution in [-0.4, -0.2) is 38.9 Å². The summed E-state index contributed by atoms with van der Waals surface area (Å²) in [5.41, 5.74) is -1.39. The molecule has 0 aliphatic carbocycles. The van der Waals surface area contributed by atoms with Crippen LogP contribution in [0.3, 0.4) is 0 Å². The number of anilines is 1. The first kappa shape index (κ1) is 19.6. The molecule has 2 aromatic rings. The number of rotatable bonds is 6. The van der Waals surface area contributed by atoms with Crippen LogP contribution in [0.5, 0.6) is 5.75 Å². The first-order chi connectivity index (χ1) is 12.1. The van der Waals surface area contributed by atoms with Crippen molar-refractivity contribution >= 4 is 29.0 Å². The maximum Gasteiger partial charge on any atom is 0.707 e. The van der Waals surface area contributed by atoms with Crippen LogP contribution in [0.15, 0.2) is 41.3 Å². The van der Waals surface area contributed by atoms with Gasteiger partial charge in [0.25, 0.3) is 10.0 Å². The second kappa shape index (κ2) is 7.68. The Morgan fingerprint density at radius 3 is 2.27 bits per heavy atom. The van der Waals surface area contributed by atoms with E-state index < -0.39 is 46.2 Å². The molecule has 26 heavy (non-hydrogen) atoms. The maximum absolute atomic E-state index is 14.0. The molecule has 0 aliphatic heterocycles. The molecule has 0 amide bonds. The summed E-state index contributed by atoms with van der Waals surface area (Å²) in [6.45, 7) is 0. The predicted octanol–water partition coefficient (Wildman–Crippen LogP) is 0.900. The third-order valence-corrected chi connectivity index (χ3v) is 4.46. The number of sulfonamides is 1. The van der Waals surface area contributed by atoms with E-state index >= 15 is 0 Å². The van der Waals surface area contributed by atoms with Crippen molar-refractivity contribution in [3.63, 3.8) is 0 Å². The smallest absolute Gasteiger partial charge is 0.512 e. The lowest BCUT2D eigenvalue weighted by Crippen LogP contribution is -2.20. The molecule has 0 atom stereocenters. The SMILES string of the molecule is COC(=O)c1cc(F)c(NS(=O)(=O)c2ccc(OB(O)O)cc2)cc1F. The third-order valence-electron chi connectivity index (χ3n) is 3.08. The van der Waals surface area contributed by atoms with Crippen LogP contribution in [0.1, 0.15) is 10.4 Å². The molecule has 3 N–H and O–H groups in total. The van der Waals surface area contributed by atoms with Crippen LogP contribution >= 0.6 is 0 Å². The number of methoxy groups -OCH3 is 1. The lowest BCUT2D eigenvalue weighted by atomic mass is 10.2. The Kier molecular flexibility index (Phi) is 5.80. The molecule has 0 saturated carbocycles. The van der Waals surface area contributed by atoms with E-state index in [2.05, 4.69) is 9.39 Å². The van der Waals surface area contributed by atoms with Gasteiger partial charge in [0.1, 0.15) is 17.4 Å². The quantitative estimate of drug-likeness (QED) is 0.497. The average molecular weight is 387 g/mol. The van der Waals surface area contributed by atoms with Gasteiger partial charge in [-0.05, 0) is 30.3 Å². The number of hydrogen-bond acceptors (Lipinski definition) is 7. The number of carbonyl (C=O) groups excluding carboxylic acids is 1.